The number of nitrogens with zero attached hydrogens (tertiary/aromatic N) is 2. The van der Waals surface area contributed by atoms with Gasteiger partial charge in [0.1, 0.15) is 18.0 Å². The molecule has 0 aliphatic carbocycles. The number of anilines is 1. The molecule has 2 N–H and O–H groups in total. The number of para-hydroxylation sites is 1. The molecule has 2 aromatic rings. The summed E-state index contributed by atoms with van der Waals surface area (Å²) in [5, 5.41) is 6.82. The molecule has 1 aliphatic heterocycles. The van der Waals surface area contributed by atoms with E-state index in [1.807, 2.05) is 38.1 Å². The summed E-state index contributed by atoms with van der Waals surface area (Å²) in [7, 11) is 1.36. The second-order valence-electron chi connectivity index (χ2n) is 7.11. The maximum absolute atomic E-state index is 12.2. The lowest BCUT2D eigenvalue weighted by atomic mass is 10.0. The van der Waals surface area contributed by atoms with Crippen molar-refractivity contribution in [2.24, 2.45) is 5.92 Å². The Hall–Kier alpha value is -2.74. The number of methoxy groups -OCH3 is 1. The third kappa shape index (κ3) is 4.56. The quantitative estimate of drug-likeness (QED) is 0.702. The van der Waals surface area contributed by atoms with Crippen molar-refractivity contribution >= 4 is 28.6 Å². The van der Waals surface area contributed by atoms with Gasteiger partial charge in [-0.2, -0.15) is 0 Å². The highest BCUT2D eigenvalue weighted by Crippen LogP contribution is 2.22. The zero-order valence-electron chi connectivity index (χ0n) is 16.4. The van der Waals surface area contributed by atoms with Crippen LogP contribution in [0.5, 0.6) is 0 Å². The standard InChI is InChI=1S/C20H26N4O4/c1-12(2)17(20(26)27-3)24-18-13-7-4-5-8-14(13)22-16(23-18)11-21-19(25)15-9-6-10-28-15/h4-5,7-8,12,15,17H,6,9-11H2,1-3H3,(H,21,25)(H,22,23,24)/t15?,17-/m0/s1. The van der Waals surface area contributed by atoms with Crippen LogP contribution in [0.25, 0.3) is 10.9 Å². The van der Waals surface area contributed by atoms with E-state index in [0.717, 1.165) is 23.7 Å². The van der Waals surface area contributed by atoms with E-state index in [0.29, 0.717) is 18.2 Å². The topological polar surface area (TPSA) is 102 Å². The van der Waals surface area contributed by atoms with Gasteiger partial charge in [-0.3, -0.25) is 4.79 Å². The molecule has 0 saturated carbocycles. The molecule has 1 aliphatic rings. The highest BCUT2D eigenvalue weighted by molar-refractivity contribution is 5.91. The highest BCUT2D eigenvalue weighted by atomic mass is 16.5. The number of esters is 1. The summed E-state index contributed by atoms with van der Waals surface area (Å²) in [6.07, 6.45) is 1.22. The van der Waals surface area contributed by atoms with Crippen LogP contribution >= 0.6 is 0 Å². The van der Waals surface area contributed by atoms with E-state index in [1.54, 1.807) is 0 Å². The SMILES string of the molecule is COC(=O)[C@@H](Nc1nc(CNC(=O)C2CCCO2)nc2ccccc12)C(C)C. The summed E-state index contributed by atoms with van der Waals surface area (Å²) >= 11 is 0. The van der Waals surface area contributed by atoms with Gasteiger partial charge >= 0.3 is 5.97 Å². The van der Waals surface area contributed by atoms with E-state index < -0.39 is 12.1 Å². The van der Waals surface area contributed by atoms with Gasteiger partial charge in [0.2, 0.25) is 5.91 Å². The van der Waals surface area contributed by atoms with Crippen LogP contribution in [0.3, 0.4) is 0 Å². The van der Waals surface area contributed by atoms with Gasteiger partial charge in [0.25, 0.3) is 0 Å². The average molecular weight is 386 g/mol. The number of ether oxygens (including phenoxy) is 2. The first-order chi connectivity index (χ1) is 13.5. The van der Waals surface area contributed by atoms with Gasteiger partial charge in [-0.05, 0) is 30.9 Å². The van der Waals surface area contributed by atoms with Gasteiger partial charge in [-0.15, -0.1) is 0 Å². The van der Waals surface area contributed by atoms with Gasteiger partial charge in [-0.1, -0.05) is 26.0 Å². The molecule has 8 heteroatoms. The summed E-state index contributed by atoms with van der Waals surface area (Å²) in [6, 6.07) is 6.99. The van der Waals surface area contributed by atoms with E-state index in [1.165, 1.54) is 7.11 Å². The molecule has 1 fully saturated rings. The fourth-order valence-corrected chi connectivity index (χ4v) is 3.15. The Kier molecular flexibility index (Phi) is 6.41. The van der Waals surface area contributed by atoms with E-state index in [2.05, 4.69) is 20.6 Å². The number of amides is 1. The first kappa shape index (κ1) is 20.0. The number of carbonyl (C=O) groups excluding carboxylic acids is 2. The van der Waals surface area contributed by atoms with Crippen LogP contribution in [0, 0.1) is 5.92 Å². The Bertz CT molecular complexity index is 849. The van der Waals surface area contributed by atoms with Crippen LogP contribution in [-0.4, -0.2) is 47.7 Å². The van der Waals surface area contributed by atoms with Crippen molar-refractivity contribution in [3.8, 4) is 0 Å². The zero-order chi connectivity index (χ0) is 20.1. The molecule has 3 rings (SSSR count). The Balaban J connectivity index is 1.84. The van der Waals surface area contributed by atoms with Crippen LogP contribution in [0.2, 0.25) is 0 Å². The molecular weight excluding hydrogens is 360 g/mol. The lowest BCUT2D eigenvalue weighted by Crippen LogP contribution is -2.36. The summed E-state index contributed by atoms with van der Waals surface area (Å²) in [5.74, 6) is 0.490. The molecule has 8 nitrogen and oxygen atoms in total. The number of carbonyl (C=O) groups is 2. The average Bonchev–Trinajstić information content (AvgIpc) is 3.24. The van der Waals surface area contributed by atoms with Crippen LogP contribution in [0.4, 0.5) is 5.82 Å². The first-order valence-electron chi connectivity index (χ1n) is 9.49. The minimum Gasteiger partial charge on any atom is -0.467 e. The van der Waals surface area contributed by atoms with Gasteiger partial charge < -0.3 is 20.1 Å². The molecule has 1 aromatic heterocycles. The Morgan fingerprint density at radius 3 is 2.75 bits per heavy atom. The number of hydrogen-bond donors (Lipinski definition) is 2. The largest absolute Gasteiger partial charge is 0.467 e. The monoisotopic (exact) mass is 386 g/mol. The van der Waals surface area contributed by atoms with E-state index in [-0.39, 0.29) is 24.3 Å². The number of hydrogen-bond acceptors (Lipinski definition) is 7. The molecule has 0 bridgehead atoms. The van der Waals surface area contributed by atoms with Crippen LogP contribution < -0.4 is 10.6 Å². The molecule has 1 unspecified atom stereocenters. The molecule has 0 radical (unpaired) electrons. The zero-order valence-corrected chi connectivity index (χ0v) is 16.4. The number of nitrogens with one attached hydrogen (secondary N) is 2. The third-order valence-electron chi connectivity index (χ3n) is 4.71. The van der Waals surface area contributed by atoms with Gasteiger partial charge in [-0.25, -0.2) is 14.8 Å². The van der Waals surface area contributed by atoms with Crippen molar-refractivity contribution < 1.29 is 19.1 Å². The van der Waals surface area contributed by atoms with Crippen molar-refractivity contribution in [3.63, 3.8) is 0 Å². The van der Waals surface area contributed by atoms with Crippen molar-refractivity contribution in [2.45, 2.75) is 45.4 Å². The van der Waals surface area contributed by atoms with Crippen molar-refractivity contribution in [1.82, 2.24) is 15.3 Å². The summed E-state index contributed by atoms with van der Waals surface area (Å²) < 4.78 is 10.3. The lowest BCUT2D eigenvalue weighted by molar-refractivity contribution is -0.142. The first-order valence-corrected chi connectivity index (χ1v) is 9.49. The molecule has 0 spiro atoms. The van der Waals surface area contributed by atoms with E-state index in [9.17, 15) is 9.59 Å². The number of benzene rings is 1. The minimum atomic E-state index is -0.544. The molecule has 1 saturated heterocycles. The summed E-state index contributed by atoms with van der Waals surface area (Å²) in [5.41, 5.74) is 0.730. The molecule has 2 heterocycles. The molecular formula is C20H26N4O4. The van der Waals surface area contributed by atoms with E-state index in [4.69, 9.17) is 9.47 Å². The van der Waals surface area contributed by atoms with Gasteiger partial charge in [0.15, 0.2) is 5.82 Å². The Morgan fingerprint density at radius 1 is 1.29 bits per heavy atom. The van der Waals surface area contributed by atoms with Crippen molar-refractivity contribution in [2.75, 3.05) is 19.0 Å². The third-order valence-corrected chi connectivity index (χ3v) is 4.71. The predicted octanol–water partition coefficient (Wildman–Crippen LogP) is 2.03. The maximum Gasteiger partial charge on any atom is 0.328 e. The smallest absolute Gasteiger partial charge is 0.328 e. The second-order valence-corrected chi connectivity index (χ2v) is 7.11. The van der Waals surface area contributed by atoms with Crippen molar-refractivity contribution in [3.05, 3.63) is 30.1 Å². The fourth-order valence-electron chi connectivity index (χ4n) is 3.15. The van der Waals surface area contributed by atoms with Gasteiger partial charge in [0.05, 0.1) is 19.2 Å². The summed E-state index contributed by atoms with van der Waals surface area (Å²) in [4.78, 5) is 33.4. The molecule has 1 amide bonds. The maximum atomic E-state index is 12.2. The number of aromatic nitrogens is 2. The van der Waals surface area contributed by atoms with Gasteiger partial charge in [0, 0.05) is 12.0 Å². The molecule has 1 aromatic carbocycles. The fraction of sp³-hybridized carbons (Fsp3) is 0.500. The summed E-state index contributed by atoms with van der Waals surface area (Å²) in [6.45, 7) is 4.66. The van der Waals surface area contributed by atoms with Crippen molar-refractivity contribution in [1.29, 1.82) is 0 Å². The predicted molar refractivity (Wildman–Crippen MR) is 105 cm³/mol. The molecule has 150 valence electrons. The van der Waals surface area contributed by atoms with E-state index >= 15 is 0 Å². The Morgan fingerprint density at radius 2 is 2.07 bits per heavy atom. The number of fused-ring (bicyclic) bond motifs is 1. The van der Waals surface area contributed by atoms with Crippen LogP contribution in [0.1, 0.15) is 32.5 Å². The normalized spacial score (nSPS) is 17.5. The second kappa shape index (κ2) is 8.97. The Labute approximate surface area is 164 Å². The van der Waals surface area contributed by atoms with Crippen LogP contribution in [0.15, 0.2) is 24.3 Å². The molecule has 2 atom stereocenters. The van der Waals surface area contributed by atoms with Crippen LogP contribution in [-0.2, 0) is 25.6 Å². The minimum absolute atomic E-state index is 0.00356. The highest BCUT2D eigenvalue weighted by Gasteiger charge is 2.25. The number of rotatable bonds is 7. The lowest BCUT2D eigenvalue weighted by Gasteiger charge is -2.21. The molecule has 28 heavy (non-hydrogen) atoms.